The summed E-state index contributed by atoms with van der Waals surface area (Å²) in [7, 11) is -3.45. The Bertz CT molecular complexity index is 904. The first-order chi connectivity index (χ1) is 13.4. The van der Waals surface area contributed by atoms with Crippen LogP contribution in [0.4, 0.5) is 5.69 Å². The lowest BCUT2D eigenvalue weighted by Crippen LogP contribution is -2.35. The Morgan fingerprint density at radius 1 is 1.00 bits per heavy atom. The van der Waals surface area contributed by atoms with E-state index < -0.39 is 10.0 Å². The van der Waals surface area contributed by atoms with Crippen molar-refractivity contribution < 1.29 is 13.2 Å². The molecule has 2 aromatic carbocycles. The van der Waals surface area contributed by atoms with Crippen LogP contribution in [0.5, 0.6) is 0 Å². The number of carbonyl (C=O) groups excluding carboxylic acids is 1. The molecule has 0 unspecified atom stereocenters. The molecule has 1 saturated heterocycles. The molecular weight excluding hydrogens is 392 g/mol. The molecule has 0 radical (unpaired) electrons. The topological polar surface area (TPSA) is 66.5 Å². The molecule has 0 bridgehead atoms. The van der Waals surface area contributed by atoms with Crippen molar-refractivity contribution in [2.75, 3.05) is 18.4 Å². The number of hydrogen-bond acceptors (Lipinski definition) is 4. The second-order valence-corrected chi connectivity index (χ2v) is 10.4. The Labute approximate surface area is 171 Å². The Hall–Kier alpha value is -1.83. The largest absolute Gasteiger partial charge is 0.325 e. The smallest absolute Gasteiger partial charge is 0.243 e. The van der Waals surface area contributed by atoms with Gasteiger partial charge in [-0.15, -0.1) is 11.8 Å². The van der Waals surface area contributed by atoms with Crippen LogP contribution in [0.2, 0.25) is 0 Å². The van der Waals surface area contributed by atoms with Crippen molar-refractivity contribution in [3.05, 3.63) is 54.1 Å². The second-order valence-electron chi connectivity index (χ2n) is 7.05. The van der Waals surface area contributed by atoms with Gasteiger partial charge < -0.3 is 5.32 Å². The molecule has 1 N–H and O–H groups in total. The highest BCUT2D eigenvalue weighted by Gasteiger charge is 2.25. The van der Waals surface area contributed by atoms with E-state index in [-0.39, 0.29) is 16.1 Å². The number of hydrogen-bond donors (Lipinski definition) is 1. The van der Waals surface area contributed by atoms with Crippen LogP contribution in [0.3, 0.4) is 0 Å². The van der Waals surface area contributed by atoms with E-state index in [4.69, 9.17) is 0 Å². The van der Waals surface area contributed by atoms with E-state index in [0.29, 0.717) is 18.8 Å². The number of sulfonamides is 1. The summed E-state index contributed by atoms with van der Waals surface area (Å²) in [5, 5.41) is 2.60. The molecule has 0 aliphatic carbocycles. The van der Waals surface area contributed by atoms with E-state index in [9.17, 15) is 13.2 Å². The monoisotopic (exact) mass is 418 g/mol. The van der Waals surface area contributed by atoms with Gasteiger partial charge in [0, 0.05) is 23.7 Å². The van der Waals surface area contributed by atoms with E-state index in [1.54, 1.807) is 28.6 Å². The number of nitrogens with one attached hydrogen (secondary N) is 1. The van der Waals surface area contributed by atoms with Gasteiger partial charge in [0.25, 0.3) is 0 Å². The Kier molecular flexibility index (Phi) is 6.80. The minimum atomic E-state index is -3.45. The maximum absolute atomic E-state index is 12.7. The summed E-state index contributed by atoms with van der Waals surface area (Å²) in [6.45, 7) is 5.04. The molecule has 28 heavy (non-hydrogen) atoms. The highest BCUT2D eigenvalue weighted by atomic mass is 32.2. The molecule has 1 aliphatic heterocycles. The SMILES string of the molecule is Cc1ccc(S[C@H](C)C(=O)Nc2ccc(S(=O)(=O)N3CCCCC3)cc2)cc1. The first-order valence-corrected chi connectivity index (χ1v) is 11.8. The molecule has 7 heteroatoms. The van der Waals surface area contributed by atoms with Crippen molar-refractivity contribution in [3.63, 3.8) is 0 Å². The summed E-state index contributed by atoms with van der Waals surface area (Å²) in [6, 6.07) is 14.5. The van der Waals surface area contributed by atoms with Crippen molar-refractivity contribution in [2.45, 2.75) is 48.2 Å². The molecule has 0 saturated carbocycles. The molecule has 0 aromatic heterocycles. The van der Waals surface area contributed by atoms with Crippen LogP contribution in [0.25, 0.3) is 0 Å². The number of aryl methyl sites for hydroxylation is 1. The van der Waals surface area contributed by atoms with Gasteiger partial charge in [0.1, 0.15) is 0 Å². The van der Waals surface area contributed by atoms with Gasteiger partial charge in [-0.05, 0) is 63.1 Å². The molecule has 2 aromatic rings. The maximum atomic E-state index is 12.7. The predicted molar refractivity (Wildman–Crippen MR) is 114 cm³/mol. The molecule has 1 atom stereocenters. The molecule has 3 rings (SSSR count). The van der Waals surface area contributed by atoms with E-state index in [2.05, 4.69) is 5.32 Å². The number of benzene rings is 2. The summed E-state index contributed by atoms with van der Waals surface area (Å²) in [6.07, 6.45) is 2.89. The first-order valence-electron chi connectivity index (χ1n) is 9.51. The number of thioether (sulfide) groups is 1. The molecule has 5 nitrogen and oxygen atoms in total. The van der Waals surface area contributed by atoms with Gasteiger partial charge >= 0.3 is 0 Å². The average molecular weight is 419 g/mol. The summed E-state index contributed by atoms with van der Waals surface area (Å²) >= 11 is 1.49. The number of piperidine rings is 1. The van der Waals surface area contributed by atoms with Crippen LogP contribution in [0, 0.1) is 6.92 Å². The molecular formula is C21H26N2O3S2. The lowest BCUT2D eigenvalue weighted by Gasteiger charge is -2.25. The van der Waals surface area contributed by atoms with Crippen molar-refractivity contribution in [1.82, 2.24) is 4.31 Å². The van der Waals surface area contributed by atoms with Crippen LogP contribution >= 0.6 is 11.8 Å². The van der Waals surface area contributed by atoms with Crippen LogP contribution in [0.1, 0.15) is 31.7 Å². The third-order valence-corrected chi connectivity index (χ3v) is 7.80. The lowest BCUT2D eigenvalue weighted by atomic mass is 10.2. The standard InChI is InChI=1S/C21H26N2O3S2/c1-16-6-10-19(11-7-16)27-17(2)21(24)22-18-8-12-20(13-9-18)28(25,26)23-14-4-3-5-15-23/h6-13,17H,3-5,14-15H2,1-2H3,(H,22,24)/t17-/m1/s1. The molecule has 1 fully saturated rings. The van der Waals surface area contributed by atoms with Gasteiger partial charge in [0.15, 0.2) is 0 Å². The minimum absolute atomic E-state index is 0.114. The van der Waals surface area contributed by atoms with Crippen LogP contribution in [-0.2, 0) is 14.8 Å². The molecule has 1 heterocycles. The summed E-state index contributed by atoms with van der Waals surface area (Å²) in [5.41, 5.74) is 1.78. The zero-order valence-corrected chi connectivity index (χ0v) is 17.9. The Balaban J connectivity index is 1.61. The van der Waals surface area contributed by atoms with Gasteiger partial charge in [-0.3, -0.25) is 4.79 Å². The number of anilines is 1. The van der Waals surface area contributed by atoms with Gasteiger partial charge in [-0.1, -0.05) is 24.1 Å². The van der Waals surface area contributed by atoms with E-state index >= 15 is 0 Å². The van der Waals surface area contributed by atoms with E-state index in [1.165, 1.54) is 17.3 Å². The molecule has 1 aliphatic rings. The van der Waals surface area contributed by atoms with Crippen LogP contribution < -0.4 is 5.32 Å². The first kappa shape index (κ1) is 20.9. The van der Waals surface area contributed by atoms with Gasteiger partial charge in [0.05, 0.1) is 10.1 Å². The molecule has 150 valence electrons. The normalized spacial score (nSPS) is 16.5. The summed E-state index contributed by atoms with van der Waals surface area (Å²) in [5.74, 6) is -0.114. The van der Waals surface area contributed by atoms with Crippen molar-refractivity contribution in [3.8, 4) is 0 Å². The third kappa shape index (κ3) is 5.16. The summed E-state index contributed by atoms with van der Waals surface area (Å²) in [4.78, 5) is 13.8. The quantitative estimate of drug-likeness (QED) is 0.711. The number of nitrogens with zero attached hydrogens (tertiary/aromatic N) is 1. The predicted octanol–water partition coefficient (Wildman–Crippen LogP) is 4.29. The fourth-order valence-electron chi connectivity index (χ4n) is 3.08. The fraction of sp³-hybridized carbons (Fsp3) is 0.381. The van der Waals surface area contributed by atoms with Gasteiger partial charge in [-0.25, -0.2) is 8.42 Å². The van der Waals surface area contributed by atoms with Crippen molar-refractivity contribution in [1.29, 1.82) is 0 Å². The number of carbonyl (C=O) groups is 1. The lowest BCUT2D eigenvalue weighted by molar-refractivity contribution is -0.115. The second kappa shape index (κ2) is 9.11. The molecule has 0 spiro atoms. The Morgan fingerprint density at radius 3 is 2.21 bits per heavy atom. The van der Waals surface area contributed by atoms with Crippen molar-refractivity contribution in [2.24, 2.45) is 0 Å². The van der Waals surface area contributed by atoms with Crippen LogP contribution in [0.15, 0.2) is 58.3 Å². The third-order valence-electron chi connectivity index (χ3n) is 4.78. The van der Waals surface area contributed by atoms with Crippen LogP contribution in [-0.4, -0.2) is 37.0 Å². The highest BCUT2D eigenvalue weighted by Crippen LogP contribution is 2.25. The zero-order valence-electron chi connectivity index (χ0n) is 16.2. The Morgan fingerprint density at radius 2 is 1.61 bits per heavy atom. The number of amides is 1. The van der Waals surface area contributed by atoms with Gasteiger partial charge in [0.2, 0.25) is 15.9 Å². The zero-order chi connectivity index (χ0) is 20.1. The van der Waals surface area contributed by atoms with E-state index in [0.717, 1.165) is 24.2 Å². The van der Waals surface area contributed by atoms with E-state index in [1.807, 2.05) is 38.1 Å². The van der Waals surface area contributed by atoms with Crippen molar-refractivity contribution >= 4 is 33.4 Å². The average Bonchev–Trinajstić information content (AvgIpc) is 2.70. The maximum Gasteiger partial charge on any atom is 0.243 e. The minimum Gasteiger partial charge on any atom is -0.325 e. The molecule has 1 amide bonds. The highest BCUT2D eigenvalue weighted by molar-refractivity contribution is 8.00. The fourth-order valence-corrected chi connectivity index (χ4v) is 5.47. The number of rotatable bonds is 6. The summed E-state index contributed by atoms with van der Waals surface area (Å²) < 4.78 is 26.9. The van der Waals surface area contributed by atoms with Gasteiger partial charge in [-0.2, -0.15) is 4.31 Å².